The van der Waals surface area contributed by atoms with Crippen molar-refractivity contribution in [3.63, 3.8) is 0 Å². The summed E-state index contributed by atoms with van der Waals surface area (Å²) >= 11 is 12.5. The Kier molecular flexibility index (Phi) is 10.2. The molecular formula is C34H45Cl2N3O3. The van der Waals surface area contributed by atoms with Crippen LogP contribution in [0.5, 0.6) is 0 Å². The molecule has 2 N–H and O–H groups in total. The Balaban J connectivity index is 1.23. The molecule has 1 amide bonds. The van der Waals surface area contributed by atoms with Crippen molar-refractivity contribution in [1.82, 2.24) is 15.5 Å². The van der Waals surface area contributed by atoms with E-state index in [0.29, 0.717) is 30.7 Å². The molecule has 2 aromatic carbocycles. The van der Waals surface area contributed by atoms with Gasteiger partial charge in [0.15, 0.2) is 0 Å². The lowest BCUT2D eigenvalue weighted by Gasteiger charge is -2.47. The monoisotopic (exact) mass is 613 g/mol. The minimum atomic E-state index is -0.445. The van der Waals surface area contributed by atoms with Gasteiger partial charge >= 0.3 is 5.97 Å². The van der Waals surface area contributed by atoms with Gasteiger partial charge in [-0.1, -0.05) is 47.5 Å². The van der Waals surface area contributed by atoms with Gasteiger partial charge in [0.2, 0.25) is 5.91 Å². The third-order valence-electron chi connectivity index (χ3n) is 9.23. The van der Waals surface area contributed by atoms with Gasteiger partial charge in [-0.2, -0.15) is 0 Å². The topological polar surface area (TPSA) is 70.7 Å². The molecule has 0 radical (unpaired) electrons. The van der Waals surface area contributed by atoms with E-state index < -0.39 is 5.60 Å². The van der Waals surface area contributed by atoms with Gasteiger partial charge in [0, 0.05) is 47.1 Å². The SMILES string of the molecule is CC(C)(C)OC(=O)CCN1CCC(NC2CC(=O)NC3CCC(C(c4ccc(Cl)cc4)c4ccc(Cl)cc4)CC32)CC1. The number of benzene rings is 2. The number of rotatable bonds is 8. The number of nitrogens with zero attached hydrogens (tertiary/aromatic N) is 1. The molecule has 1 aliphatic carbocycles. The normalized spacial score (nSPS) is 25.6. The van der Waals surface area contributed by atoms with Crippen LogP contribution in [0.1, 0.15) is 82.8 Å². The fraction of sp³-hybridized carbons (Fsp3) is 0.588. The highest BCUT2D eigenvalue weighted by molar-refractivity contribution is 6.30. The molecule has 6 nitrogen and oxygen atoms in total. The van der Waals surface area contributed by atoms with Gasteiger partial charge in [0.05, 0.1) is 6.42 Å². The molecule has 2 heterocycles. The van der Waals surface area contributed by atoms with Crippen molar-refractivity contribution in [3.05, 3.63) is 69.7 Å². The number of nitrogens with one attached hydrogen (secondary N) is 2. The molecule has 5 rings (SSSR count). The van der Waals surface area contributed by atoms with E-state index >= 15 is 0 Å². The van der Waals surface area contributed by atoms with Crippen LogP contribution in [0, 0.1) is 11.8 Å². The predicted molar refractivity (Wildman–Crippen MR) is 169 cm³/mol. The number of hydrogen-bond donors (Lipinski definition) is 2. The Labute approximate surface area is 260 Å². The third-order valence-corrected chi connectivity index (χ3v) is 9.73. The Bertz CT molecular complexity index is 1160. The van der Waals surface area contributed by atoms with Crippen molar-refractivity contribution in [1.29, 1.82) is 0 Å². The molecule has 2 saturated heterocycles. The minimum Gasteiger partial charge on any atom is -0.460 e. The van der Waals surface area contributed by atoms with Crippen LogP contribution in [0.3, 0.4) is 0 Å². The van der Waals surface area contributed by atoms with E-state index in [-0.39, 0.29) is 29.9 Å². The number of ether oxygens (including phenoxy) is 1. The van der Waals surface area contributed by atoms with E-state index in [9.17, 15) is 9.59 Å². The zero-order chi connectivity index (χ0) is 29.9. The molecule has 0 bridgehead atoms. The summed E-state index contributed by atoms with van der Waals surface area (Å²) in [5, 5.41) is 8.75. The summed E-state index contributed by atoms with van der Waals surface area (Å²) in [5.74, 6) is 1.10. The largest absolute Gasteiger partial charge is 0.460 e. The first-order chi connectivity index (χ1) is 20.0. The summed E-state index contributed by atoms with van der Waals surface area (Å²) in [5.41, 5.74) is 2.10. The van der Waals surface area contributed by atoms with Crippen LogP contribution in [-0.4, -0.2) is 60.1 Å². The summed E-state index contributed by atoms with van der Waals surface area (Å²) in [7, 11) is 0. The first-order valence-electron chi connectivity index (χ1n) is 15.5. The van der Waals surface area contributed by atoms with Crippen LogP contribution in [-0.2, 0) is 14.3 Å². The van der Waals surface area contributed by atoms with E-state index in [1.807, 2.05) is 45.0 Å². The second-order valence-electron chi connectivity index (χ2n) is 13.4. The maximum absolute atomic E-state index is 12.8. The van der Waals surface area contributed by atoms with Crippen LogP contribution in [0.25, 0.3) is 0 Å². The number of halogens is 2. The van der Waals surface area contributed by atoms with E-state index in [1.165, 1.54) is 11.1 Å². The fourth-order valence-electron chi connectivity index (χ4n) is 7.31. The standard InChI is InChI=1S/C34H45Cl2N3O3/c1-34(2,3)42-32(41)16-19-39-17-14-27(15-18-39)37-30-21-31(40)38-29-13-8-24(20-28(29)30)33(22-4-9-25(35)10-5-22)23-6-11-26(36)12-7-23/h4-7,9-12,24,27-30,33,37H,8,13-21H2,1-3H3,(H,38,40). The molecule has 4 unspecified atom stereocenters. The number of carbonyl (C=O) groups is 2. The first kappa shape index (κ1) is 31.3. The van der Waals surface area contributed by atoms with Crippen LogP contribution in [0.15, 0.2) is 48.5 Å². The predicted octanol–water partition coefficient (Wildman–Crippen LogP) is 6.58. The van der Waals surface area contributed by atoms with Crippen molar-refractivity contribution in [2.45, 2.75) is 95.4 Å². The summed E-state index contributed by atoms with van der Waals surface area (Å²) in [6.07, 6.45) is 6.08. The maximum atomic E-state index is 12.8. The molecule has 8 heteroatoms. The average molecular weight is 615 g/mol. The van der Waals surface area contributed by atoms with Crippen molar-refractivity contribution in [2.24, 2.45) is 11.8 Å². The molecule has 3 aliphatic rings. The highest BCUT2D eigenvalue weighted by Gasteiger charge is 2.43. The van der Waals surface area contributed by atoms with Gasteiger partial charge in [0.25, 0.3) is 0 Å². The van der Waals surface area contributed by atoms with Gasteiger partial charge in [-0.3, -0.25) is 9.59 Å². The molecule has 1 saturated carbocycles. The molecular weight excluding hydrogens is 569 g/mol. The number of hydrogen-bond acceptors (Lipinski definition) is 5. The second kappa shape index (κ2) is 13.7. The molecule has 0 aromatic heterocycles. The highest BCUT2D eigenvalue weighted by Crippen LogP contribution is 2.45. The Morgan fingerprint density at radius 2 is 1.57 bits per heavy atom. The second-order valence-corrected chi connectivity index (χ2v) is 14.3. The number of carbonyl (C=O) groups excluding carboxylic acids is 2. The number of likely N-dealkylation sites (tertiary alicyclic amines) is 1. The van der Waals surface area contributed by atoms with Crippen LogP contribution >= 0.6 is 23.2 Å². The third kappa shape index (κ3) is 8.28. The maximum Gasteiger partial charge on any atom is 0.307 e. The minimum absolute atomic E-state index is 0.135. The van der Waals surface area contributed by atoms with E-state index in [2.05, 4.69) is 39.8 Å². The number of fused-ring (bicyclic) bond motifs is 1. The highest BCUT2D eigenvalue weighted by atomic mass is 35.5. The van der Waals surface area contributed by atoms with Gasteiger partial charge in [0.1, 0.15) is 5.60 Å². The molecule has 3 fully saturated rings. The first-order valence-corrected chi connectivity index (χ1v) is 16.3. The number of esters is 1. The fourth-order valence-corrected chi connectivity index (χ4v) is 7.56. The van der Waals surface area contributed by atoms with Gasteiger partial charge in [-0.25, -0.2) is 0 Å². The van der Waals surface area contributed by atoms with Crippen molar-refractivity contribution in [2.75, 3.05) is 19.6 Å². The quantitative estimate of drug-likeness (QED) is 0.329. The molecule has 4 atom stereocenters. The Morgan fingerprint density at radius 1 is 0.976 bits per heavy atom. The van der Waals surface area contributed by atoms with Gasteiger partial charge < -0.3 is 20.3 Å². The van der Waals surface area contributed by atoms with E-state index in [4.69, 9.17) is 27.9 Å². The Hall–Kier alpha value is -2.12. The molecule has 228 valence electrons. The zero-order valence-corrected chi connectivity index (χ0v) is 26.6. The number of amides is 1. The van der Waals surface area contributed by atoms with E-state index in [0.717, 1.165) is 61.8 Å². The summed E-state index contributed by atoms with van der Waals surface area (Å²) in [6.45, 7) is 8.35. The Morgan fingerprint density at radius 3 is 2.14 bits per heavy atom. The number of piperidine rings is 2. The summed E-state index contributed by atoms with van der Waals surface area (Å²) < 4.78 is 5.48. The molecule has 42 heavy (non-hydrogen) atoms. The zero-order valence-electron chi connectivity index (χ0n) is 25.1. The van der Waals surface area contributed by atoms with Crippen molar-refractivity contribution >= 4 is 35.1 Å². The average Bonchev–Trinajstić information content (AvgIpc) is 2.94. The lowest BCUT2D eigenvalue weighted by molar-refractivity contribution is -0.155. The van der Waals surface area contributed by atoms with Crippen molar-refractivity contribution < 1.29 is 14.3 Å². The van der Waals surface area contributed by atoms with Crippen molar-refractivity contribution in [3.8, 4) is 0 Å². The van der Waals surface area contributed by atoms with Crippen LogP contribution in [0.4, 0.5) is 0 Å². The smallest absolute Gasteiger partial charge is 0.307 e. The van der Waals surface area contributed by atoms with Crippen LogP contribution < -0.4 is 10.6 Å². The van der Waals surface area contributed by atoms with Gasteiger partial charge in [-0.15, -0.1) is 0 Å². The lowest BCUT2D eigenvalue weighted by atomic mass is 9.65. The summed E-state index contributed by atoms with van der Waals surface area (Å²) in [4.78, 5) is 27.3. The molecule has 2 aliphatic heterocycles. The van der Waals surface area contributed by atoms with Gasteiger partial charge in [-0.05, 0) is 113 Å². The van der Waals surface area contributed by atoms with Crippen LogP contribution in [0.2, 0.25) is 10.0 Å². The summed E-state index contributed by atoms with van der Waals surface area (Å²) in [6, 6.07) is 17.3. The lowest BCUT2D eigenvalue weighted by Crippen LogP contribution is -2.60. The molecule has 2 aromatic rings. The van der Waals surface area contributed by atoms with E-state index in [1.54, 1.807) is 0 Å². The molecule has 0 spiro atoms.